The number of benzene rings is 2. The van der Waals surface area contributed by atoms with Crippen LogP contribution in [0.3, 0.4) is 0 Å². The number of nitrogens with one attached hydrogen (secondary N) is 1. The molecular formula is C26H27N3O5S. The Hall–Kier alpha value is -3.06. The van der Waals surface area contributed by atoms with Crippen LogP contribution in [0, 0.1) is 11.3 Å². The molecule has 0 spiro atoms. The maximum absolute atomic E-state index is 12.3. The zero-order chi connectivity index (χ0) is 24.0. The van der Waals surface area contributed by atoms with E-state index >= 15 is 0 Å². The van der Waals surface area contributed by atoms with Crippen LogP contribution in [0.15, 0.2) is 42.5 Å². The van der Waals surface area contributed by atoms with Crippen molar-refractivity contribution < 1.29 is 22.6 Å². The van der Waals surface area contributed by atoms with Crippen molar-refractivity contribution in [1.29, 1.82) is 5.26 Å². The largest absolute Gasteiger partial charge is 0.486 e. The summed E-state index contributed by atoms with van der Waals surface area (Å²) in [5.74, 6) is 0.718. The van der Waals surface area contributed by atoms with Crippen molar-refractivity contribution in [1.82, 2.24) is 4.57 Å². The molecule has 0 amide bonds. The van der Waals surface area contributed by atoms with Gasteiger partial charge in [0.05, 0.1) is 35.2 Å². The number of fused-ring (bicyclic) bond motifs is 1. The normalized spacial score (nSPS) is 19.3. The Kier molecular flexibility index (Phi) is 5.67. The zero-order valence-electron chi connectivity index (χ0n) is 19.3. The fourth-order valence-electron chi connectivity index (χ4n) is 4.83. The molecule has 0 radical (unpaired) electrons. The highest BCUT2D eigenvalue weighted by molar-refractivity contribution is 7.93. The summed E-state index contributed by atoms with van der Waals surface area (Å²) in [7, 11) is -3.32. The summed E-state index contributed by atoms with van der Waals surface area (Å²) in [6.45, 7) is 1.25. The molecule has 6 rings (SSSR count). The predicted octanol–water partition coefficient (Wildman–Crippen LogP) is 4.56. The van der Waals surface area contributed by atoms with E-state index in [1.165, 1.54) is 0 Å². The Morgan fingerprint density at radius 1 is 1.03 bits per heavy atom. The summed E-state index contributed by atoms with van der Waals surface area (Å²) >= 11 is 0. The molecule has 182 valence electrons. The molecule has 0 atom stereocenters. The topological polar surface area (TPSA) is 103 Å². The number of rotatable bonds is 7. The molecule has 1 N–H and O–H groups in total. The fraction of sp³-hybridized carbons (Fsp3) is 0.423. The van der Waals surface area contributed by atoms with E-state index in [0.717, 1.165) is 47.2 Å². The average molecular weight is 494 g/mol. The van der Waals surface area contributed by atoms with Gasteiger partial charge in [0.25, 0.3) is 0 Å². The van der Waals surface area contributed by atoms with Crippen molar-refractivity contribution in [2.75, 3.05) is 24.7 Å². The van der Waals surface area contributed by atoms with Gasteiger partial charge < -0.3 is 18.8 Å². The van der Waals surface area contributed by atoms with E-state index in [9.17, 15) is 13.7 Å². The molecule has 35 heavy (non-hydrogen) atoms. The van der Waals surface area contributed by atoms with E-state index in [1.807, 2.05) is 30.3 Å². The van der Waals surface area contributed by atoms with Gasteiger partial charge in [-0.3, -0.25) is 4.72 Å². The molecule has 2 heterocycles. The van der Waals surface area contributed by atoms with Crippen LogP contribution in [0.25, 0.3) is 22.2 Å². The SMILES string of the molecule is N#Cc1c(-c2ccc(NS(=O)(=O)C3CC3)cc2)n(C2CCC2)c2cc(OC3COCOC3)ccc12. The second-order valence-corrected chi connectivity index (χ2v) is 11.5. The van der Waals surface area contributed by atoms with Crippen LogP contribution in [-0.2, 0) is 19.5 Å². The van der Waals surface area contributed by atoms with E-state index in [1.54, 1.807) is 12.1 Å². The Bertz CT molecular complexity index is 1390. The number of hydrogen-bond acceptors (Lipinski definition) is 6. The summed E-state index contributed by atoms with van der Waals surface area (Å²) in [5, 5.41) is 10.8. The van der Waals surface area contributed by atoms with Crippen LogP contribution in [0.1, 0.15) is 43.7 Å². The van der Waals surface area contributed by atoms with Gasteiger partial charge in [-0.05, 0) is 61.9 Å². The van der Waals surface area contributed by atoms with Crippen LogP contribution in [0.5, 0.6) is 5.75 Å². The average Bonchev–Trinajstić information content (AvgIpc) is 3.64. The number of nitrogens with zero attached hydrogens (tertiary/aromatic N) is 2. The van der Waals surface area contributed by atoms with Gasteiger partial charge in [-0.25, -0.2) is 8.42 Å². The van der Waals surface area contributed by atoms with Gasteiger partial charge >= 0.3 is 0 Å². The van der Waals surface area contributed by atoms with Crippen molar-refractivity contribution in [2.24, 2.45) is 0 Å². The predicted molar refractivity (Wildman–Crippen MR) is 132 cm³/mol. The van der Waals surface area contributed by atoms with Gasteiger partial charge in [0.1, 0.15) is 24.7 Å². The highest BCUT2D eigenvalue weighted by Crippen LogP contribution is 2.43. The van der Waals surface area contributed by atoms with Crippen molar-refractivity contribution in [3.63, 3.8) is 0 Å². The van der Waals surface area contributed by atoms with Crippen LogP contribution in [0.4, 0.5) is 5.69 Å². The van der Waals surface area contributed by atoms with Gasteiger partial charge in [0, 0.05) is 23.2 Å². The van der Waals surface area contributed by atoms with E-state index in [2.05, 4.69) is 15.4 Å². The van der Waals surface area contributed by atoms with Crippen molar-refractivity contribution >= 4 is 26.6 Å². The lowest BCUT2D eigenvalue weighted by molar-refractivity contribution is -0.143. The molecule has 2 saturated carbocycles. The highest BCUT2D eigenvalue weighted by Gasteiger charge is 2.35. The molecular weight excluding hydrogens is 466 g/mol. The minimum Gasteiger partial charge on any atom is -0.486 e. The summed E-state index contributed by atoms with van der Waals surface area (Å²) in [6, 6.07) is 15.9. The third-order valence-electron chi connectivity index (χ3n) is 6.99. The molecule has 2 aromatic carbocycles. The monoisotopic (exact) mass is 493 g/mol. The first kappa shape index (κ1) is 22.4. The first-order chi connectivity index (χ1) is 17.0. The van der Waals surface area contributed by atoms with E-state index in [4.69, 9.17) is 14.2 Å². The molecule has 8 nitrogen and oxygen atoms in total. The van der Waals surface area contributed by atoms with Gasteiger partial charge in [-0.2, -0.15) is 5.26 Å². The first-order valence-corrected chi connectivity index (χ1v) is 13.6. The van der Waals surface area contributed by atoms with E-state index in [-0.39, 0.29) is 11.4 Å². The van der Waals surface area contributed by atoms with Gasteiger partial charge in [0.2, 0.25) is 10.0 Å². The number of nitriles is 1. The maximum atomic E-state index is 12.3. The minimum absolute atomic E-state index is 0.171. The molecule has 3 aromatic rings. The first-order valence-electron chi connectivity index (χ1n) is 12.1. The van der Waals surface area contributed by atoms with Crippen LogP contribution < -0.4 is 9.46 Å². The van der Waals surface area contributed by atoms with Gasteiger partial charge in [-0.15, -0.1) is 0 Å². The third kappa shape index (κ3) is 4.27. The van der Waals surface area contributed by atoms with Crippen molar-refractivity contribution in [3.05, 3.63) is 48.0 Å². The van der Waals surface area contributed by atoms with Crippen molar-refractivity contribution in [2.45, 2.75) is 49.5 Å². The molecule has 9 heteroatoms. The number of aromatic nitrogens is 1. The second kappa shape index (κ2) is 8.86. The lowest BCUT2D eigenvalue weighted by atomic mass is 9.92. The summed E-state index contributed by atoms with van der Waals surface area (Å²) in [6.07, 6.45) is 4.52. The Balaban J connectivity index is 1.39. The van der Waals surface area contributed by atoms with Gasteiger partial charge in [-0.1, -0.05) is 12.1 Å². The number of anilines is 1. The molecule has 0 unspecified atom stereocenters. The Morgan fingerprint density at radius 2 is 1.77 bits per heavy atom. The third-order valence-corrected chi connectivity index (χ3v) is 8.86. The van der Waals surface area contributed by atoms with E-state index < -0.39 is 10.0 Å². The molecule has 1 aromatic heterocycles. The summed E-state index contributed by atoms with van der Waals surface area (Å²) < 4.78 is 46.4. The Labute approximate surface area is 204 Å². The molecule has 0 bridgehead atoms. The highest BCUT2D eigenvalue weighted by atomic mass is 32.2. The second-order valence-electron chi connectivity index (χ2n) is 9.49. The lowest BCUT2D eigenvalue weighted by Crippen LogP contribution is -2.33. The number of hydrogen-bond donors (Lipinski definition) is 1. The summed E-state index contributed by atoms with van der Waals surface area (Å²) in [5.41, 5.74) is 3.88. The lowest BCUT2D eigenvalue weighted by Gasteiger charge is -2.30. The van der Waals surface area contributed by atoms with Crippen molar-refractivity contribution in [3.8, 4) is 23.1 Å². The van der Waals surface area contributed by atoms with Crippen LogP contribution >= 0.6 is 0 Å². The fourth-order valence-corrected chi connectivity index (χ4v) is 6.22. The Morgan fingerprint density at radius 3 is 2.40 bits per heavy atom. The molecule has 2 aliphatic carbocycles. The van der Waals surface area contributed by atoms with Crippen LogP contribution in [-0.4, -0.2) is 44.3 Å². The maximum Gasteiger partial charge on any atom is 0.235 e. The summed E-state index contributed by atoms with van der Waals surface area (Å²) in [4.78, 5) is 0. The minimum atomic E-state index is -3.32. The smallest absolute Gasteiger partial charge is 0.235 e. The molecule has 1 saturated heterocycles. The molecule has 3 fully saturated rings. The van der Waals surface area contributed by atoms with E-state index in [0.29, 0.717) is 50.1 Å². The number of sulfonamides is 1. The molecule has 3 aliphatic rings. The standard InChI is InChI=1S/C26H27N3O5S/c27-13-24-23-11-8-20(34-21-14-32-16-33-15-21)12-25(23)29(19-2-1-3-19)26(24)17-4-6-18(7-5-17)28-35(30,31)22-9-10-22/h4-8,11-12,19,21-22,28H,1-3,9-10,14-16H2. The quantitative estimate of drug-likeness (QED) is 0.518. The van der Waals surface area contributed by atoms with Crippen LogP contribution in [0.2, 0.25) is 0 Å². The van der Waals surface area contributed by atoms with Gasteiger partial charge in [0.15, 0.2) is 0 Å². The number of ether oxygens (including phenoxy) is 3. The molecule has 1 aliphatic heterocycles. The zero-order valence-corrected chi connectivity index (χ0v) is 20.1.